The van der Waals surface area contributed by atoms with Crippen LogP contribution in [0.2, 0.25) is 0 Å². The molecule has 0 saturated carbocycles. The number of anilines is 2. The van der Waals surface area contributed by atoms with Gasteiger partial charge in [-0.15, -0.1) is 0 Å². The Kier molecular flexibility index (Phi) is 8.68. The van der Waals surface area contributed by atoms with Crippen molar-refractivity contribution in [2.24, 2.45) is 14.1 Å². The number of halogens is 3. The molecule has 0 radical (unpaired) electrons. The summed E-state index contributed by atoms with van der Waals surface area (Å²) in [4.78, 5) is 40.4. The second kappa shape index (κ2) is 11.6. The summed E-state index contributed by atoms with van der Waals surface area (Å²) < 4.78 is 75.2. The van der Waals surface area contributed by atoms with Crippen molar-refractivity contribution in [2.45, 2.75) is 18.0 Å². The van der Waals surface area contributed by atoms with E-state index in [1.165, 1.54) is 34.6 Å². The molecule has 2 amide bonds. The fraction of sp³-hybridized carbons (Fsp3) is 0.304. The Hall–Kier alpha value is -4.34. The van der Waals surface area contributed by atoms with E-state index in [9.17, 15) is 36.0 Å². The zero-order valence-corrected chi connectivity index (χ0v) is 21.7. The Morgan fingerprint density at radius 1 is 1.00 bits per heavy atom. The van der Waals surface area contributed by atoms with Crippen LogP contribution in [0.1, 0.15) is 33.6 Å². The molecule has 0 spiro atoms. The van der Waals surface area contributed by atoms with Gasteiger partial charge in [-0.25, -0.2) is 23.0 Å². The lowest BCUT2D eigenvalue weighted by molar-refractivity contribution is -0.137. The number of carbonyl (C=O) groups is 3. The van der Waals surface area contributed by atoms with Crippen molar-refractivity contribution in [3.05, 3.63) is 59.8 Å². The van der Waals surface area contributed by atoms with Crippen LogP contribution in [0.25, 0.3) is 0 Å². The number of nitrogens with zero attached hydrogens (tertiary/aromatic N) is 3. The highest BCUT2D eigenvalue weighted by Crippen LogP contribution is 2.29. The fourth-order valence-corrected chi connectivity index (χ4v) is 4.41. The van der Waals surface area contributed by atoms with Gasteiger partial charge in [0.1, 0.15) is 12.3 Å². The van der Waals surface area contributed by atoms with Gasteiger partial charge in [0, 0.05) is 26.5 Å². The van der Waals surface area contributed by atoms with Gasteiger partial charge in [-0.1, -0.05) is 0 Å². The summed E-state index contributed by atoms with van der Waals surface area (Å²) in [5, 5.41) is 4.88. The monoisotopic (exact) mass is 571 g/mol. The van der Waals surface area contributed by atoms with Crippen LogP contribution in [0.15, 0.2) is 47.6 Å². The zero-order chi connectivity index (χ0) is 29.0. The first-order chi connectivity index (χ1) is 18.2. The molecule has 0 fully saturated rings. The van der Waals surface area contributed by atoms with Crippen molar-refractivity contribution in [1.82, 2.24) is 14.1 Å². The highest BCUT2D eigenvalue weighted by Gasteiger charge is 2.30. The molecule has 0 unspecified atom stereocenters. The topological polar surface area (TPSA) is 151 Å². The smallest absolute Gasteiger partial charge is 0.416 e. The summed E-state index contributed by atoms with van der Waals surface area (Å²) in [6.45, 7) is 1.23. The Morgan fingerprint density at radius 3 is 2.28 bits per heavy atom. The predicted octanol–water partition coefficient (Wildman–Crippen LogP) is 3.23. The molecular weight excluding hydrogens is 547 g/mol. The summed E-state index contributed by atoms with van der Waals surface area (Å²) in [5.74, 6) is -1.84. The number of aromatic nitrogens is 3. The highest BCUT2D eigenvalue weighted by atomic mass is 32.2. The number of hydrogen-bond donors (Lipinski definition) is 2. The third-order valence-corrected chi connectivity index (χ3v) is 6.88. The standard InChI is InChI=1S/C23H24F3N5O7S/c1-4-37-21(33)19-28-18(13-31(19)3)29-20(32)17-11-15(12-30(17)2)27-22(34)38-9-10-39(35,36)16-7-5-14(6-8-16)23(24,25)26/h5-8,11-13H,4,9-10H2,1-3H3,(H,27,34)(H,29,32). The number of alkyl halides is 3. The molecule has 16 heteroatoms. The molecule has 210 valence electrons. The Bertz CT molecular complexity index is 1480. The molecule has 0 saturated heterocycles. The van der Waals surface area contributed by atoms with Gasteiger partial charge in [0.25, 0.3) is 5.91 Å². The van der Waals surface area contributed by atoms with Crippen molar-refractivity contribution in [1.29, 1.82) is 0 Å². The quantitative estimate of drug-likeness (QED) is 0.372. The Labute approximate surface area is 220 Å². The number of esters is 1. The average Bonchev–Trinajstić information content (AvgIpc) is 3.39. The van der Waals surface area contributed by atoms with E-state index in [1.54, 1.807) is 14.0 Å². The lowest BCUT2D eigenvalue weighted by Gasteiger charge is -2.09. The van der Waals surface area contributed by atoms with Crippen LogP contribution in [-0.2, 0) is 39.6 Å². The number of imidazole rings is 1. The second-order valence-electron chi connectivity index (χ2n) is 8.06. The van der Waals surface area contributed by atoms with Crippen LogP contribution in [0.4, 0.5) is 29.5 Å². The number of hydrogen-bond acceptors (Lipinski definition) is 8. The number of sulfone groups is 1. The van der Waals surface area contributed by atoms with Crippen molar-refractivity contribution in [2.75, 3.05) is 29.6 Å². The van der Waals surface area contributed by atoms with Crippen LogP contribution >= 0.6 is 0 Å². The van der Waals surface area contributed by atoms with Gasteiger partial charge in [0.05, 0.1) is 28.5 Å². The molecule has 0 aliphatic heterocycles. The number of rotatable bonds is 9. The minimum atomic E-state index is -4.60. The minimum absolute atomic E-state index is 0.00975. The summed E-state index contributed by atoms with van der Waals surface area (Å²) >= 11 is 0. The zero-order valence-electron chi connectivity index (χ0n) is 20.9. The number of benzene rings is 1. The molecule has 0 aliphatic rings. The summed E-state index contributed by atoms with van der Waals surface area (Å²) in [5.41, 5.74) is -0.723. The number of ether oxygens (including phenoxy) is 2. The van der Waals surface area contributed by atoms with E-state index in [0.717, 1.165) is 12.1 Å². The van der Waals surface area contributed by atoms with Gasteiger partial charge >= 0.3 is 18.2 Å². The van der Waals surface area contributed by atoms with Gasteiger partial charge in [-0.05, 0) is 37.3 Å². The first-order valence-corrected chi connectivity index (χ1v) is 12.9. The third-order valence-electron chi connectivity index (χ3n) is 5.19. The van der Waals surface area contributed by atoms with Gasteiger partial charge in [0.15, 0.2) is 15.7 Å². The highest BCUT2D eigenvalue weighted by molar-refractivity contribution is 7.91. The van der Waals surface area contributed by atoms with Gasteiger partial charge in [-0.3, -0.25) is 10.1 Å². The lowest BCUT2D eigenvalue weighted by Crippen LogP contribution is -2.19. The lowest BCUT2D eigenvalue weighted by atomic mass is 10.2. The molecule has 1 aromatic carbocycles. The summed E-state index contributed by atoms with van der Waals surface area (Å²) in [6, 6.07) is 4.28. The summed E-state index contributed by atoms with van der Waals surface area (Å²) in [6.07, 6.45) is -2.80. The molecule has 2 heterocycles. The summed E-state index contributed by atoms with van der Waals surface area (Å²) in [7, 11) is -0.923. The van der Waals surface area contributed by atoms with Gasteiger partial charge in [0.2, 0.25) is 5.82 Å². The van der Waals surface area contributed by atoms with Crippen LogP contribution in [-0.4, -0.2) is 59.5 Å². The molecule has 2 N–H and O–H groups in total. The molecule has 2 aromatic heterocycles. The number of amides is 2. The van der Waals surface area contributed by atoms with Gasteiger partial charge < -0.3 is 23.9 Å². The van der Waals surface area contributed by atoms with Crippen molar-refractivity contribution < 1.29 is 45.4 Å². The van der Waals surface area contributed by atoms with E-state index in [4.69, 9.17) is 9.47 Å². The molecule has 0 bridgehead atoms. The third kappa shape index (κ3) is 7.37. The van der Waals surface area contributed by atoms with Crippen molar-refractivity contribution in [3.8, 4) is 0 Å². The Balaban J connectivity index is 1.55. The van der Waals surface area contributed by atoms with Crippen molar-refractivity contribution >= 4 is 39.3 Å². The molecule has 0 atom stereocenters. The molecule has 3 rings (SSSR count). The molecule has 3 aromatic rings. The molecule has 39 heavy (non-hydrogen) atoms. The van der Waals surface area contributed by atoms with Crippen LogP contribution in [0.3, 0.4) is 0 Å². The SMILES string of the molecule is CCOC(=O)c1nc(NC(=O)c2cc(NC(=O)OCCS(=O)(=O)c3ccc(C(F)(F)F)cc3)cn2C)cn1C. The first-order valence-electron chi connectivity index (χ1n) is 11.2. The van der Waals surface area contributed by atoms with E-state index in [0.29, 0.717) is 12.1 Å². The van der Waals surface area contributed by atoms with Crippen LogP contribution in [0, 0.1) is 0 Å². The largest absolute Gasteiger partial charge is 0.460 e. The van der Waals surface area contributed by atoms with E-state index >= 15 is 0 Å². The van der Waals surface area contributed by atoms with Crippen LogP contribution in [0.5, 0.6) is 0 Å². The maximum atomic E-state index is 12.7. The van der Waals surface area contributed by atoms with E-state index < -0.39 is 51.9 Å². The van der Waals surface area contributed by atoms with Crippen LogP contribution < -0.4 is 10.6 Å². The molecule has 12 nitrogen and oxygen atoms in total. The predicted molar refractivity (Wildman–Crippen MR) is 131 cm³/mol. The fourth-order valence-electron chi connectivity index (χ4n) is 3.32. The second-order valence-corrected chi connectivity index (χ2v) is 10.2. The normalized spacial score (nSPS) is 11.6. The maximum Gasteiger partial charge on any atom is 0.416 e. The van der Waals surface area contributed by atoms with Crippen molar-refractivity contribution in [3.63, 3.8) is 0 Å². The maximum absolute atomic E-state index is 12.7. The van der Waals surface area contributed by atoms with E-state index in [2.05, 4.69) is 15.6 Å². The molecular formula is C23H24F3N5O7S. The average molecular weight is 572 g/mol. The Morgan fingerprint density at radius 2 is 1.67 bits per heavy atom. The minimum Gasteiger partial charge on any atom is -0.460 e. The van der Waals surface area contributed by atoms with E-state index in [-0.39, 0.29) is 34.5 Å². The number of nitrogens with one attached hydrogen (secondary N) is 2. The van der Waals surface area contributed by atoms with Gasteiger partial charge in [-0.2, -0.15) is 13.2 Å². The number of carbonyl (C=O) groups excluding carboxylic acids is 3. The first kappa shape index (κ1) is 29.2. The van der Waals surface area contributed by atoms with E-state index in [1.807, 2.05) is 0 Å². The number of aryl methyl sites for hydroxylation is 2. The molecule has 0 aliphatic carbocycles.